The lowest BCUT2D eigenvalue weighted by Crippen LogP contribution is -2.56. The molecule has 0 bridgehead atoms. The summed E-state index contributed by atoms with van der Waals surface area (Å²) in [5.41, 5.74) is 28.2. The van der Waals surface area contributed by atoms with Gasteiger partial charge < -0.3 is 60.6 Å². The molecule has 0 aliphatic heterocycles. The topological polar surface area (TPSA) is 305 Å². The number of nitrogens with two attached hydrogens (primary N) is 5. The van der Waals surface area contributed by atoms with Gasteiger partial charge >= 0.3 is 0 Å². The molecule has 0 saturated carbocycles. The molecule has 0 heterocycles. The van der Waals surface area contributed by atoms with Crippen LogP contribution in [-0.4, -0.2) is 106 Å². The summed E-state index contributed by atoms with van der Waals surface area (Å²) < 4.78 is 0. The molecule has 0 rings (SSSR count). The van der Waals surface area contributed by atoms with Crippen molar-refractivity contribution >= 4 is 35.4 Å². The Morgan fingerprint density at radius 3 is 1.26 bits per heavy atom. The van der Waals surface area contributed by atoms with E-state index in [1.54, 1.807) is 0 Å². The Hall–Kier alpha value is -3.38. The van der Waals surface area contributed by atoms with E-state index in [0.29, 0.717) is 84.0 Å². The second-order valence-electron chi connectivity index (χ2n) is 11.1. The van der Waals surface area contributed by atoms with Crippen LogP contribution in [0, 0.1) is 0 Å². The van der Waals surface area contributed by atoms with Crippen molar-refractivity contribution in [3.8, 4) is 0 Å². The zero-order chi connectivity index (χ0) is 34.7. The molecular formula is C29H59N11O6. The smallest absolute Gasteiger partial charge is 0.243 e. The van der Waals surface area contributed by atoms with E-state index in [0.717, 1.165) is 6.42 Å². The minimum absolute atomic E-state index is 0.234. The number of hydrogen-bond acceptors (Lipinski definition) is 11. The van der Waals surface area contributed by atoms with Gasteiger partial charge in [0.05, 0.1) is 19.1 Å². The van der Waals surface area contributed by atoms with Gasteiger partial charge in [0, 0.05) is 7.05 Å². The van der Waals surface area contributed by atoms with Crippen molar-refractivity contribution < 1.29 is 28.8 Å². The van der Waals surface area contributed by atoms with Gasteiger partial charge in [-0.25, -0.2) is 0 Å². The minimum atomic E-state index is -1.02. The Bertz CT molecular complexity index is 924. The molecular weight excluding hydrogens is 598 g/mol. The van der Waals surface area contributed by atoms with Crippen LogP contribution in [0.15, 0.2) is 0 Å². The molecule has 4 atom stereocenters. The molecule has 0 radical (unpaired) electrons. The number of likely N-dealkylation sites (N-methyl/N-ethyl adjacent to an activating group) is 1. The highest BCUT2D eigenvalue weighted by atomic mass is 16.2. The molecule has 6 amide bonds. The molecule has 0 aromatic heterocycles. The highest BCUT2D eigenvalue weighted by Gasteiger charge is 2.28. The van der Waals surface area contributed by atoms with Gasteiger partial charge in [-0.2, -0.15) is 0 Å². The summed E-state index contributed by atoms with van der Waals surface area (Å²) in [4.78, 5) is 76.2. The Kier molecular flexibility index (Phi) is 24.8. The van der Waals surface area contributed by atoms with E-state index >= 15 is 0 Å². The Morgan fingerprint density at radius 2 is 0.848 bits per heavy atom. The van der Waals surface area contributed by atoms with Crippen molar-refractivity contribution in [3.05, 3.63) is 0 Å². The van der Waals surface area contributed by atoms with Crippen LogP contribution in [0.25, 0.3) is 0 Å². The van der Waals surface area contributed by atoms with Crippen molar-refractivity contribution in [2.75, 3.05) is 46.3 Å². The van der Waals surface area contributed by atoms with Gasteiger partial charge in [-0.3, -0.25) is 28.8 Å². The first kappa shape index (κ1) is 42.6. The third-order valence-electron chi connectivity index (χ3n) is 7.19. The summed E-state index contributed by atoms with van der Waals surface area (Å²) in [7, 11) is 1.44. The highest BCUT2D eigenvalue weighted by molar-refractivity contribution is 5.95. The van der Waals surface area contributed by atoms with Gasteiger partial charge in [0.2, 0.25) is 35.4 Å². The summed E-state index contributed by atoms with van der Waals surface area (Å²) in [6.45, 7) is 0.972. The molecule has 17 nitrogen and oxygen atoms in total. The minimum Gasteiger partial charge on any atom is -0.358 e. The van der Waals surface area contributed by atoms with E-state index in [4.69, 9.17) is 28.7 Å². The summed E-state index contributed by atoms with van der Waals surface area (Å²) in [6.07, 6.45) is 6.11. The molecule has 0 unspecified atom stereocenters. The van der Waals surface area contributed by atoms with Crippen LogP contribution in [0.3, 0.4) is 0 Å². The molecule has 0 spiro atoms. The number of nitrogens with one attached hydrogen (secondary N) is 6. The number of unbranched alkanes of at least 4 members (excludes halogenated alkanes) is 4. The van der Waals surface area contributed by atoms with E-state index in [-0.39, 0.29) is 19.4 Å². The Balaban J connectivity index is 5.44. The van der Waals surface area contributed by atoms with Gasteiger partial charge in [0.1, 0.15) is 18.1 Å². The summed E-state index contributed by atoms with van der Waals surface area (Å²) in [6, 6.07) is -3.72. The van der Waals surface area contributed by atoms with Crippen LogP contribution in [0.2, 0.25) is 0 Å². The Labute approximate surface area is 272 Å². The molecule has 17 heteroatoms. The fourth-order valence-corrected chi connectivity index (χ4v) is 4.39. The maximum Gasteiger partial charge on any atom is 0.243 e. The maximum absolute atomic E-state index is 13.3. The lowest BCUT2D eigenvalue weighted by molar-refractivity contribution is -0.133. The summed E-state index contributed by atoms with van der Waals surface area (Å²) >= 11 is 0. The van der Waals surface area contributed by atoms with Crippen LogP contribution >= 0.6 is 0 Å². The van der Waals surface area contributed by atoms with E-state index in [2.05, 4.69) is 31.9 Å². The quantitative estimate of drug-likeness (QED) is 0.0381. The van der Waals surface area contributed by atoms with E-state index < -0.39 is 66.2 Å². The van der Waals surface area contributed by atoms with Crippen molar-refractivity contribution in [1.29, 1.82) is 0 Å². The highest BCUT2D eigenvalue weighted by Crippen LogP contribution is 2.06. The van der Waals surface area contributed by atoms with Crippen LogP contribution < -0.4 is 60.6 Å². The third kappa shape index (κ3) is 19.9. The largest absolute Gasteiger partial charge is 0.358 e. The molecule has 16 N–H and O–H groups in total. The van der Waals surface area contributed by atoms with Crippen molar-refractivity contribution in [3.63, 3.8) is 0 Å². The fourth-order valence-electron chi connectivity index (χ4n) is 4.39. The molecule has 0 aliphatic carbocycles. The van der Waals surface area contributed by atoms with Crippen LogP contribution in [-0.2, 0) is 28.8 Å². The van der Waals surface area contributed by atoms with Crippen LogP contribution in [0.5, 0.6) is 0 Å². The number of carbonyl (C=O) groups is 6. The molecule has 0 aromatic carbocycles. The van der Waals surface area contributed by atoms with Crippen LogP contribution in [0.4, 0.5) is 0 Å². The van der Waals surface area contributed by atoms with Crippen molar-refractivity contribution in [1.82, 2.24) is 31.9 Å². The van der Waals surface area contributed by atoms with Crippen molar-refractivity contribution in [2.45, 2.75) is 101 Å². The normalized spacial score (nSPS) is 13.4. The molecule has 0 fully saturated rings. The SMILES string of the molecule is CNC(=O)CNC(=O)[C@H](CCCCN)NC(=O)[C@H](CCCCN)NC(=O)CNC(=O)[C@H](CCCCN)NC(=O)[C@@H](N)CCCCN. The summed E-state index contributed by atoms with van der Waals surface area (Å²) in [5, 5.41) is 15.4. The molecule has 0 saturated heterocycles. The average molecular weight is 658 g/mol. The molecule has 0 aliphatic rings. The number of hydrogen-bond donors (Lipinski definition) is 11. The van der Waals surface area contributed by atoms with Gasteiger partial charge in [-0.15, -0.1) is 0 Å². The average Bonchev–Trinajstić information content (AvgIpc) is 3.04. The number of rotatable bonds is 27. The lowest BCUT2D eigenvalue weighted by Gasteiger charge is -2.24. The Morgan fingerprint density at radius 1 is 0.478 bits per heavy atom. The molecule has 46 heavy (non-hydrogen) atoms. The standard InChI is InChI=1S/C29H59N11O6/c1-35-24(41)18-36-28(45)22(12-4-8-16-32)40-29(46)23(13-5-9-17-33)38-25(42)19-37-27(44)21(11-3-7-15-31)39-26(43)20(34)10-2-6-14-30/h20-23H,2-19,30-34H2,1H3,(H,35,41)(H,36,45)(H,37,44)(H,38,42)(H,39,43)(H,40,46)/t20-,21-,22-,23-/m0/s1. The second kappa shape index (κ2) is 26.8. The first-order valence-electron chi connectivity index (χ1n) is 16.3. The van der Waals surface area contributed by atoms with Gasteiger partial charge in [-0.1, -0.05) is 6.42 Å². The number of amides is 6. The van der Waals surface area contributed by atoms with E-state index in [1.807, 2.05) is 0 Å². The van der Waals surface area contributed by atoms with E-state index in [1.165, 1.54) is 7.05 Å². The predicted molar refractivity (Wildman–Crippen MR) is 175 cm³/mol. The second-order valence-corrected chi connectivity index (χ2v) is 11.1. The zero-order valence-corrected chi connectivity index (χ0v) is 27.4. The van der Waals surface area contributed by atoms with Crippen molar-refractivity contribution in [2.24, 2.45) is 28.7 Å². The molecule has 266 valence electrons. The molecule has 0 aromatic rings. The fraction of sp³-hybridized carbons (Fsp3) is 0.793. The third-order valence-corrected chi connectivity index (χ3v) is 7.19. The van der Waals surface area contributed by atoms with E-state index in [9.17, 15) is 28.8 Å². The van der Waals surface area contributed by atoms with Gasteiger partial charge in [0.15, 0.2) is 0 Å². The summed E-state index contributed by atoms with van der Waals surface area (Å²) in [5.74, 6) is -3.25. The number of carbonyl (C=O) groups excluding carboxylic acids is 6. The van der Waals surface area contributed by atoms with Gasteiger partial charge in [0.25, 0.3) is 0 Å². The van der Waals surface area contributed by atoms with Gasteiger partial charge in [-0.05, 0) is 96.8 Å². The zero-order valence-electron chi connectivity index (χ0n) is 27.4. The van der Waals surface area contributed by atoms with Crippen LogP contribution in [0.1, 0.15) is 77.0 Å². The monoisotopic (exact) mass is 657 g/mol. The predicted octanol–water partition coefficient (Wildman–Crippen LogP) is -3.74. The maximum atomic E-state index is 13.3. The lowest BCUT2D eigenvalue weighted by atomic mass is 10.1. The first-order chi connectivity index (χ1) is 22.0. The first-order valence-corrected chi connectivity index (χ1v) is 16.3.